The van der Waals surface area contributed by atoms with Crippen molar-refractivity contribution in [3.05, 3.63) is 64.8 Å². The third-order valence-corrected chi connectivity index (χ3v) is 4.16. The van der Waals surface area contributed by atoms with E-state index in [2.05, 4.69) is 0 Å². The van der Waals surface area contributed by atoms with E-state index in [1.807, 2.05) is 6.92 Å². The Balaban J connectivity index is 1.86. The largest absolute Gasteiger partial charge is 0.484 e. The van der Waals surface area contributed by atoms with Crippen LogP contribution in [0.1, 0.15) is 20.7 Å². The van der Waals surface area contributed by atoms with Crippen LogP contribution in [-0.2, 0) is 0 Å². The van der Waals surface area contributed by atoms with E-state index < -0.39 is 5.91 Å². The van der Waals surface area contributed by atoms with Crippen molar-refractivity contribution in [2.45, 2.75) is 6.92 Å². The summed E-state index contributed by atoms with van der Waals surface area (Å²) in [7, 11) is 0. The second-order valence-corrected chi connectivity index (χ2v) is 5.79. The average molecular weight is 343 g/mol. The molecule has 0 saturated heterocycles. The zero-order chi connectivity index (χ0) is 17.3. The summed E-state index contributed by atoms with van der Waals surface area (Å²) in [5.74, 6) is -0.324. The number of rotatable bonds is 4. The number of aromatic nitrogens is 1. The molecule has 0 bridgehead atoms. The Morgan fingerprint density at radius 1 is 1.21 bits per heavy atom. The Morgan fingerprint density at radius 2 is 1.96 bits per heavy atom. The molecular weight excluding hydrogens is 328 g/mol. The molecule has 6 heteroatoms. The number of nitrogens with zero attached hydrogens (tertiary/aromatic N) is 1. The summed E-state index contributed by atoms with van der Waals surface area (Å²) in [4.78, 5) is 24.0. The van der Waals surface area contributed by atoms with Crippen molar-refractivity contribution in [3.8, 4) is 5.75 Å². The molecule has 2 aromatic carbocycles. The summed E-state index contributed by atoms with van der Waals surface area (Å²) in [6.45, 7) is 1.69. The predicted molar refractivity (Wildman–Crippen MR) is 92.8 cm³/mol. The molecule has 3 aromatic rings. The maximum absolute atomic E-state index is 12.5. The minimum absolute atomic E-state index is 0.169. The van der Waals surface area contributed by atoms with Crippen LogP contribution in [0.15, 0.2) is 48.7 Å². The third-order valence-electron chi connectivity index (χ3n) is 3.74. The minimum atomic E-state index is -0.577. The van der Waals surface area contributed by atoms with Crippen LogP contribution < -0.4 is 10.5 Å². The van der Waals surface area contributed by atoms with Gasteiger partial charge in [0.1, 0.15) is 5.75 Å². The van der Waals surface area contributed by atoms with Crippen LogP contribution in [0, 0.1) is 6.92 Å². The molecule has 1 aromatic heterocycles. The highest BCUT2D eigenvalue weighted by Gasteiger charge is 2.16. The number of benzene rings is 2. The fourth-order valence-electron chi connectivity index (χ4n) is 2.50. The lowest BCUT2D eigenvalue weighted by Crippen LogP contribution is -2.19. The number of carbonyl (C=O) groups excluding carboxylic acids is 2. The zero-order valence-corrected chi connectivity index (χ0v) is 13.7. The van der Waals surface area contributed by atoms with Gasteiger partial charge in [-0.2, -0.15) is 0 Å². The highest BCUT2D eigenvalue weighted by molar-refractivity contribution is 6.31. The second kappa shape index (κ2) is 6.37. The summed E-state index contributed by atoms with van der Waals surface area (Å²) in [6.07, 6.45) is 1.45. The molecule has 0 spiro atoms. The quantitative estimate of drug-likeness (QED) is 0.789. The molecule has 0 aliphatic heterocycles. The van der Waals surface area contributed by atoms with Gasteiger partial charge in [0.25, 0.3) is 11.8 Å². The normalized spacial score (nSPS) is 10.8. The number of carbonyl (C=O) groups is 2. The van der Waals surface area contributed by atoms with Gasteiger partial charge in [-0.05, 0) is 36.8 Å². The summed E-state index contributed by atoms with van der Waals surface area (Å²) in [5, 5.41) is 1.27. The molecule has 0 fully saturated rings. The summed E-state index contributed by atoms with van der Waals surface area (Å²) < 4.78 is 6.92. The van der Waals surface area contributed by atoms with Crippen LogP contribution in [0.4, 0.5) is 0 Å². The Kier molecular flexibility index (Phi) is 4.27. The fourth-order valence-corrected chi connectivity index (χ4v) is 2.62. The Morgan fingerprint density at radius 3 is 2.67 bits per heavy atom. The van der Waals surface area contributed by atoms with Gasteiger partial charge in [0.2, 0.25) is 0 Å². The van der Waals surface area contributed by atoms with Crippen molar-refractivity contribution in [2.75, 3.05) is 6.61 Å². The molecule has 24 heavy (non-hydrogen) atoms. The molecule has 0 atom stereocenters. The molecule has 0 radical (unpaired) electrons. The van der Waals surface area contributed by atoms with E-state index in [0.29, 0.717) is 27.2 Å². The maximum Gasteiger partial charge on any atom is 0.269 e. The molecule has 122 valence electrons. The number of nitrogens with two attached hydrogens (primary N) is 1. The van der Waals surface area contributed by atoms with Crippen molar-refractivity contribution >= 4 is 34.3 Å². The van der Waals surface area contributed by atoms with Crippen LogP contribution in [0.25, 0.3) is 10.9 Å². The Hall–Kier alpha value is -2.79. The third kappa shape index (κ3) is 2.98. The minimum Gasteiger partial charge on any atom is -0.484 e. The first-order valence-electron chi connectivity index (χ1n) is 7.29. The molecule has 5 nitrogen and oxygen atoms in total. The van der Waals surface area contributed by atoms with Crippen LogP contribution in [0.5, 0.6) is 5.75 Å². The molecule has 0 saturated carbocycles. The zero-order valence-electron chi connectivity index (χ0n) is 13.0. The first-order chi connectivity index (χ1) is 11.5. The summed E-state index contributed by atoms with van der Waals surface area (Å²) in [6, 6.07) is 12.3. The van der Waals surface area contributed by atoms with Crippen molar-refractivity contribution in [1.82, 2.24) is 4.57 Å². The lowest BCUT2D eigenvalue weighted by atomic mass is 10.2. The fraction of sp³-hybridized carbons (Fsp3) is 0.111. The van der Waals surface area contributed by atoms with Crippen LogP contribution in [0.2, 0.25) is 5.02 Å². The van der Waals surface area contributed by atoms with Crippen LogP contribution >= 0.6 is 11.6 Å². The van der Waals surface area contributed by atoms with E-state index in [1.165, 1.54) is 10.8 Å². The topological polar surface area (TPSA) is 74.3 Å². The van der Waals surface area contributed by atoms with Gasteiger partial charge in [-0.3, -0.25) is 14.2 Å². The summed E-state index contributed by atoms with van der Waals surface area (Å²) >= 11 is 5.97. The maximum atomic E-state index is 12.5. The Labute approximate surface area is 143 Å². The first-order valence-corrected chi connectivity index (χ1v) is 7.67. The summed E-state index contributed by atoms with van der Waals surface area (Å²) in [5.41, 5.74) is 7.17. The molecule has 1 amide bonds. The van der Waals surface area contributed by atoms with Crippen LogP contribution in [-0.4, -0.2) is 23.0 Å². The van der Waals surface area contributed by atoms with Crippen molar-refractivity contribution in [2.24, 2.45) is 5.73 Å². The number of amides is 1. The van der Waals surface area contributed by atoms with E-state index in [4.69, 9.17) is 22.1 Å². The lowest BCUT2D eigenvalue weighted by molar-refractivity contribution is 0.0843. The number of halogens is 1. The molecule has 0 unspecified atom stereocenters. The predicted octanol–water partition coefficient (Wildman–Crippen LogP) is 3.42. The number of hydrogen-bond donors (Lipinski definition) is 1. The molecule has 1 heterocycles. The van der Waals surface area contributed by atoms with Crippen molar-refractivity contribution in [1.29, 1.82) is 0 Å². The Bertz CT molecular complexity index is 947. The van der Waals surface area contributed by atoms with E-state index in [-0.39, 0.29) is 12.5 Å². The number of aryl methyl sites for hydroxylation is 1. The molecular formula is C18H15ClN2O3. The van der Waals surface area contributed by atoms with Crippen molar-refractivity contribution < 1.29 is 14.3 Å². The molecule has 0 aliphatic rings. The van der Waals surface area contributed by atoms with E-state index in [0.717, 1.165) is 5.56 Å². The van der Waals surface area contributed by atoms with E-state index in [9.17, 15) is 9.59 Å². The average Bonchev–Trinajstić information content (AvgIpc) is 2.96. The van der Waals surface area contributed by atoms with Crippen LogP contribution in [0.3, 0.4) is 0 Å². The molecule has 2 N–H and O–H groups in total. The van der Waals surface area contributed by atoms with Gasteiger partial charge in [-0.25, -0.2) is 0 Å². The monoisotopic (exact) mass is 342 g/mol. The highest BCUT2D eigenvalue weighted by Crippen LogP contribution is 2.23. The smallest absolute Gasteiger partial charge is 0.269 e. The van der Waals surface area contributed by atoms with Gasteiger partial charge in [0.05, 0.1) is 11.1 Å². The van der Waals surface area contributed by atoms with Gasteiger partial charge < -0.3 is 10.5 Å². The molecule has 3 rings (SSSR count). The SMILES string of the molecule is Cc1cc(OCC(=O)n2cc(C(N)=O)c3ccccc32)ccc1Cl. The van der Waals surface area contributed by atoms with Gasteiger partial charge in [0, 0.05) is 16.6 Å². The van der Waals surface area contributed by atoms with Gasteiger partial charge in [0.15, 0.2) is 6.61 Å². The number of fused-ring (bicyclic) bond motifs is 1. The first kappa shape index (κ1) is 16.1. The molecule has 0 aliphatic carbocycles. The standard InChI is InChI=1S/C18H15ClN2O3/c1-11-8-12(6-7-15(11)19)24-10-17(22)21-9-14(18(20)23)13-4-2-3-5-16(13)21/h2-9H,10H2,1H3,(H2,20,23). The van der Waals surface area contributed by atoms with E-state index in [1.54, 1.807) is 42.5 Å². The highest BCUT2D eigenvalue weighted by atomic mass is 35.5. The van der Waals surface area contributed by atoms with Crippen molar-refractivity contribution in [3.63, 3.8) is 0 Å². The number of para-hydroxylation sites is 1. The number of primary amides is 1. The van der Waals surface area contributed by atoms with Gasteiger partial charge in [-0.15, -0.1) is 0 Å². The lowest BCUT2D eigenvalue weighted by Gasteiger charge is -2.08. The van der Waals surface area contributed by atoms with Gasteiger partial charge >= 0.3 is 0 Å². The number of hydrogen-bond acceptors (Lipinski definition) is 3. The van der Waals surface area contributed by atoms with Gasteiger partial charge in [-0.1, -0.05) is 29.8 Å². The number of ether oxygens (including phenoxy) is 1. The van der Waals surface area contributed by atoms with E-state index >= 15 is 0 Å². The second-order valence-electron chi connectivity index (χ2n) is 5.39.